The Morgan fingerprint density at radius 1 is 0.611 bits per heavy atom. The van der Waals surface area contributed by atoms with Crippen LogP contribution in [0.5, 0.6) is 5.75 Å². The lowest BCUT2D eigenvalue weighted by Crippen LogP contribution is -2.59. The van der Waals surface area contributed by atoms with Crippen molar-refractivity contribution in [2.45, 2.75) is 95.4 Å². The molecule has 0 fully saturated rings. The molecular weight excluding hydrogens is 704 g/mol. The van der Waals surface area contributed by atoms with Crippen LogP contribution >= 0.6 is 0 Å². The van der Waals surface area contributed by atoms with Crippen LogP contribution in [0.4, 0.5) is 0 Å². The van der Waals surface area contributed by atoms with Crippen molar-refractivity contribution in [2.24, 2.45) is 61.0 Å². The minimum atomic E-state index is -1.33. The molecule has 54 heavy (non-hydrogen) atoms. The van der Waals surface area contributed by atoms with Gasteiger partial charge in [-0.3, -0.25) is 34.2 Å². The number of hydrogen-bond acceptors (Lipinski definition) is 10. The maximum Gasteiger partial charge on any atom is 0.326 e. The molecule has 0 aromatic heterocycles. The molecule has 0 aliphatic carbocycles. The Morgan fingerprint density at radius 3 is 1.43 bits per heavy atom. The van der Waals surface area contributed by atoms with E-state index in [-0.39, 0.29) is 94.1 Å². The number of carbonyl (C=O) groups is 5. The zero-order valence-electron chi connectivity index (χ0n) is 30.9. The number of phenols is 1. The number of carbonyl (C=O) groups excluding carboxylic acids is 4. The van der Waals surface area contributed by atoms with Crippen molar-refractivity contribution in [1.29, 1.82) is 0 Å². The van der Waals surface area contributed by atoms with Gasteiger partial charge >= 0.3 is 5.97 Å². The van der Waals surface area contributed by atoms with Gasteiger partial charge in [0, 0.05) is 26.1 Å². The highest BCUT2D eigenvalue weighted by Crippen LogP contribution is 2.13. The summed E-state index contributed by atoms with van der Waals surface area (Å²) in [4.78, 5) is 77.9. The van der Waals surface area contributed by atoms with E-state index in [0.717, 1.165) is 0 Å². The number of nitrogens with one attached hydrogen (secondary N) is 4. The van der Waals surface area contributed by atoms with E-state index in [1.165, 1.54) is 12.1 Å². The number of aliphatic carboxylic acids is 1. The van der Waals surface area contributed by atoms with Gasteiger partial charge < -0.3 is 71.6 Å². The molecule has 1 rings (SSSR count). The second kappa shape index (κ2) is 24.4. The number of nitrogens with two attached hydrogens (primary N) is 7. The summed E-state index contributed by atoms with van der Waals surface area (Å²) < 4.78 is 0. The van der Waals surface area contributed by atoms with Crippen LogP contribution in [0.15, 0.2) is 39.2 Å². The molecule has 1 aromatic rings. The summed E-state index contributed by atoms with van der Waals surface area (Å²) in [6.07, 6.45) is 1.14. The average Bonchev–Trinajstić information content (AvgIpc) is 3.08. The Balaban J connectivity index is 3.40. The minimum Gasteiger partial charge on any atom is -0.508 e. The van der Waals surface area contributed by atoms with Gasteiger partial charge in [0.05, 0.1) is 6.04 Å². The molecular formula is C33H58N14O7. The molecule has 0 bridgehead atoms. The maximum atomic E-state index is 14.0. The van der Waals surface area contributed by atoms with Gasteiger partial charge in [0.1, 0.15) is 29.9 Å². The van der Waals surface area contributed by atoms with E-state index in [9.17, 15) is 34.2 Å². The highest BCUT2D eigenvalue weighted by atomic mass is 16.4. The third-order valence-corrected chi connectivity index (χ3v) is 7.79. The molecule has 5 atom stereocenters. The molecule has 0 radical (unpaired) electrons. The van der Waals surface area contributed by atoms with Crippen molar-refractivity contribution in [3.63, 3.8) is 0 Å². The number of hydrogen-bond donors (Lipinski definition) is 13. The molecule has 0 unspecified atom stereocenters. The Labute approximate surface area is 314 Å². The number of aromatic hydroxyl groups is 1. The Morgan fingerprint density at radius 2 is 1.00 bits per heavy atom. The fraction of sp³-hybridized carbons (Fsp3) is 0.576. The SMILES string of the molecule is CC(C)C[C@H](NC(=O)[C@H](CCCN=C(N)N)NC(=O)[C@H](Cc1ccc(O)cc1)NC(=O)[C@H](CCCN=C(N)N)NC(=O)[C@@H](N)CCCN=C(N)N)C(=O)O. The smallest absolute Gasteiger partial charge is 0.326 e. The van der Waals surface area contributed by atoms with Crippen molar-refractivity contribution >= 4 is 47.5 Å². The lowest BCUT2D eigenvalue weighted by molar-refractivity contribution is -0.142. The molecule has 0 aliphatic rings. The van der Waals surface area contributed by atoms with Crippen LogP contribution in [-0.4, -0.2) is 108 Å². The van der Waals surface area contributed by atoms with Crippen LogP contribution in [0.1, 0.15) is 64.4 Å². The van der Waals surface area contributed by atoms with Crippen LogP contribution in [0.2, 0.25) is 0 Å². The highest BCUT2D eigenvalue weighted by Gasteiger charge is 2.32. The van der Waals surface area contributed by atoms with Gasteiger partial charge in [-0.2, -0.15) is 0 Å². The zero-order valence-corrected chi connectivity index (χ0v) is 30.9. The van der Waals surface area contributed by atoms with E-state index in [1.807, 2.05) is 0 Å². The van der Waals surface area contributed by atoms with Crippen molar-refractivity contribution in [3.05, 3.63) is 29.8 Å². The van der Waals surface area contributed by atoms with Crippen LogP contribution in [0, 0.1) is 5.92 Å². The summed E-state index contributed by atoms with van der Waals surface area (Å²) in [6.45, 7) is 4.08. The number of carboxylic acids is 1. The summed E-state index contributed by atoms with van der Waals surface area (Å²) in [6, 6.07) is -0.159. The van der Waals surface area contributed by atoms with Gasteiger partial charge in [-0.1, -0.05) is 26.0 Å². The van der Waals surface area contributed by atoms with Crippen molar-refractivity contribution in [3.8, 4) is 5.75 Å². The monoisotopic (exact) mass is 762 g/mol. The predicted octanol–water partition coefficient (Wildman–Crippen LogP) is -3.51. The Kier molecular flexibility index (Phi) is 20.9. The van der Waals surface area contributed by atoms with Crippen LogP contribution in [0.25, 0.3) is 0 Å². The van der Waals surface area contributed by atoms with Gasteiger partial charge in [-0.05, 0) is 68.6 Å². The van der Waals surface area contributed by atoms with E-state index >= 15 is 0 Å². The average molecular weight is 763 g/mol. The molecule has 1 aromatic carbocycles. The van der Waals surface area contributed by atoms with E-state index < -0.39 is 59.8 Å². The molecule has 0 spiro atoms. The van der Waals surface area contributed by atoms with E-state index in [1.54, 1.807) is 26.0 Å². The van der Waals surface area contributed by atoms with Gasteiger partial charge in [0.25, 0.3) is 0 Å². The zero-order chi connectivity index (χ0) is 40.8. The molecule has 20 N–H and O–H groups in total. The number of guanidine groups is 3. The number of rotatable bonds is 25. The van der Waals surface area contributed by atoms with E-state index in [2.05, 4.69) is 36.2 Å². The van der Waals surface area contributed by atoms with Crippen molar-refractivity contribution in [2.75, 3.05) is 19.6 Å². The summed E-state index contributed by atoms with van der Waals surface area (Å²) in [7, 11) is 0. The number of nitrogens with zero attached hydrogens (tertiary/aromatic N) is 3. The number of aliphatic imine (C=N–C) groups is 3. The first-order valence-electron chi connectivity index (χ1n) is 17.5. The molecule has 0 saturated carbocycles. The topological polar surface area (TPSA) is 393 Å². The number of phenolic OH excluding ortho intramolecular Hbond substituents is 1. The lowest BCUT2D eigenvalue weighted by atomic mass is 10.0. The first kappa shape index (κ1) is 46.2. The molecule has 0 aliphatic heterocycles. The Bertz CT molecular complexity index is 1460. The first-order chi connectivity index (χ1) is 25.4. The fourth-order valence-corrected chi connectivity index (χ4v) is 5.06. The molecule has 0 saturated heterocycles. The second-order valence-electron chi connectivity index (χ2n) is 13.0. The maximum absolute atomic E-state index is 14.0. The van der Waals surface area contributed by atoms with Crippen molar-refractivity contribution in [1.82, 2.24) is 21.3 Å². The molecule has 21 heteroatoms. The standard InChI is InChI=1S/C33H58N14O7/c1-18(2)16-25(30(53)54)47-28(51)23(8-5-15-43-33(39)40)45-29(52)24(17-19-9-11-20(48)12-10-19)46-27(50)22(7-4-14-42-32(37)38)44-26(49)21(34)6-3-13-41-31(35)36/h9-12,18,21-25,48H,3-8,13-17,34H2,1-2H3,(H,44,49)(H,45,52)(H,46,50)(H,47,51)(H,53,54)(H4,35,36,41)(H4,37,38,42)(H4,39,40,43)/t21-,22-,23-,24-,25-/m0/s1. The van der Waals surface area contributed by atoms with Crippen LogP contribution < -0.4 is 61.4 Å². The summed E-state index contributed by atoms with van der Waals surface area (Å²) in [5.41, 5.74) is 39.0. The fourth-order valence-electron chi connectivity index (χ4n) is 5.06. The highest BCUT2D eigenvalue weighted by molar-refractivity contribution is 5.95. The molecule has 0 heterocycles. The summed E-state index contributed by atoms with van der Waals surface area (Å²) in [5, 5.41) is 30.0. The number of amides is 4. The van der Waals surface area contributed by atoms with Gasteiger partial charge in [0.2, 0.25) is 23.6 Å². The minimum absolute atomic E-state index is 0.00674. The van der Waals surface area contributed by atoms with Crippen LogP contribution in [-0.2, 0) is 30.4 Å². The van der Waals surface area contributed by atoms with E-state index in [0.29, 0.717) is 12.0 Å². The van der Waals surface area contributed by atoms with Gasteiger partial charge in [-0.25, -0.2) is 4.79 Å². The molecule has 4 amide bonds. The van der Waals surface area contributed by atoms with Crippen LogP contribution in [0.3, 0.4) is 0 Å². The third-order valence-electron chi connectivity index (χ3n) is 7.79. The Hall–Kier alpha value is -5.86. The van der Waals surface area contributed by atoms with Gasteiger partial charge in [0.15, 0.2) is 17.9 Å². The third kappa shape index (κ3) is 19.7. The normalized spacial score (nSPS) is 13.6. The second-order valence-corrected chi connectivity index (χ2v) is 13.0. The first-order valence-corrected chi connectivity index (χ1v) is 17.5. The number of benzene rings is 1. The van der Waals surface area contributed by atoms with Gasteiger partial charge in [-0.15, -0.1) is 0 Å². The van der Waals surface area contributed by atoms with E-state index in [4.69, 9.17) is 40.1 Å². The number of carboxylic acid groups (broad SMARTS) is 1. The summed E-state index contributed by atoms with van der Waals surface area (Å²) in [5.74, 6) is -4.76. The largest absolute Gasteiger partial charge is 0.508 e. The van der Waals surface area contributed by atoms with Crippen molar-refractivity contribution < 1.29 is 34.2 Å². The predicted molar refractivity (Wildman–Crippen MR) is 204 cm³/mol. The summed E-state index contributed by atoms with van der Waals surface area (Å²) >= 11 is 0. The lowest BCUT2D eigenvalue weighted by Gasteiger charge is -2.27. The molecule has 302 valence electrons. The quantitative estimate of drug-likeness (QED) is 0.0261. The molecule has 21 nitrogen and oxygen atoms in total.